The standard InChI is InChI=1S/C16H16O3S/c1-11-7-12(2)9-13(8-11)19-10-15-4-3-14(20-15)5-6-16(17)18/h3-9H,10H2,1-2H3,(H,17,18). The second-order valence-electron chi connectivity index (χ2n) is 4.59. The minimum absolute atomic E-state index is 0.495. The van der Waals surface area contributed by atoms with Crippen LogP contribution >= 0.6 is 11.3 Å². The molecule has 3 nitrogen and oxygen atoms in total. The summed E-state index contributed by atoms with van der Waals surface area (Å²) in [5.41, 5.74) is 2.35. The van der Waals surface area contributed by atoms with Gasteiger partial charge in [0.05, 0.1) is 0 Å². The summed E-state index contributed by atoms with van der Waals surface area (Å²) in [7, 11) is 0. The highest BCUT2D eigenvalue weighted by Crippen LogP contribution is 2.22. The molecule has 4 heteroatoms. The monoisotopic (exact) mass is 288 g/mol. The summed E-state index contributed by atoms with van der Waals surface area (Å²) in [4.78, 5) is 12.4. The van der Waals surface area contributed by atoms with Crippen molar-refractivity contribution in [2.75, 3.05) is 0 Å². The summed E-state index contributed by atoms with van der Waals surface area (Å²) in [5.74, 6) is -0.0787. The van der Waals surface area contributed by atoms with E-state index in [0.29, 0.717) is 6.61 Å². The molecule has 1 N–H and O–H groups in total. The fourth-order valence-electron chi connectivity index (χ4n) is 1.89. The number of carboxylic acids is 1. The van der Waals surface area contributed by atoms with Gasteiger partial charge in [-0.25, -0.2) is 4.79 Å². The lowest BCUT2D eigenvalue weighted by atomic mass is 10.1. The van der Waals surface area contributed by atoms with E-state index in [1.807, 2.05) is 38.1 Å². The molecule has 1 heterocycles. The third kappa shape index (κ3) is 4.24. The van der Waals surface area contributed by atoms with Crippen LogP contribution in [0.1, 0.15) is 20.9 Å². The van der Waals surface area contributed by atoms with Gasteiger partial charge in [-0.1, -0.05) is 6.07 Å². The molecule has 0 spiro atoms. The first-order chi connectivity index (χ1) is 9.52. The maximum absolute atomic E-state index is 10.4. The second kappa shape index (κ2) is 6.39. The minimum Gasteiger partial charge on any atom is -0.488 e. The van der Waals surface area contributed by atoms with Crippen LogP contribution in [0, 0.1) is 13.8 Å². The van der Waals surface area contributed by atoms with E-state index < -0.39 is 5.97 Å². The van der Waals surface area contributed by atoms with Gasteiger partial charge in [0, 0.05) is 15.8 Å². The average molecular weight is 288 g/mol. The first kappa shape index (κ1) is 14.3. The van der Waals surface area contributed by atoms with Crippen LogP contribution in [0.3, 0.4) is 0 Å². The largest absolute Gasteiger partial charge is 0.488 e. The number of aryl methyl sites for hydroxylation is 2. The molecule has 0 fully saturated rings. The van der Waals surface area contributed by atoms with Crippen molar-refractivity contribution in [1.82, 2.24) is 0 Å². The van der Waals surface area contributed by atoms with E-state index in [4.69, 9.17) is 9.84 Å². The molecule has 0 bridgehead atoms. The van der Waals surface area contributed by atoms with Crippen molar-refractivity contribution < 1.29 is 14.6 Å². The number of rotatable bonds is 5. The third-order valence-electron chi connectivity index (χ3n) is 2.65. The summed E-state index contributed by atoms with van der Waals surface area (Å²) in [6.07, 6.45) is 2.73. The molecule has 104 valence electrons. The number of hydrogen-bond acceptors (Lipinski definition) is 3. The van der Waals surface area contributed by atoms with E-state index >= 15 is 0 Å². The van der Waals surface area contributed by atoms with Crippen molar-refractivity contribution in [1.29, 1.82) is 0 Å². The molecular formula is C16H16O3S. The highest BCUT2D eigenvalue weighted by atomic mass is 32.1. The van der Waals surface area contributed by atoms with Gasteiger partial charge in [0.15, 0.2) is 0 Å². The Morgan fingerprint density at radius 3 is 2.60 bits per heavy atom. The van der Waals surface area contributed by atoms with Crippen LogP contribution in [-0.4, -0.2) is 11.1 Å². The Balaban J connectivity index is 1.99. The van der Waals surface area contributed by atoms with E-state index in [1.54, 1.807) is 6.08 Å². The Bertz CT molecular complexity index is 621. The van der Waals surface area contributed by atoms with Gasteiger partial charge >= 0.3 is 5.97 Å². The average Bonchev–Trinajstić information content (AvgIpc) is 2.81. The molecule has 2 aromatic rings. The molecule has 0 aliphatic carbocycles. The number of carboxylic acid groups (broad SMARTS) is 1. The number of carbonyl (C=O) groups is 1. The van der Waals surface area contributed by atoms with E-state index in [2.05, 4.69) is 6.07 Å². The van der Waals surface area contributed by atoms with Gasteiger partial charge in [0.25, 0.3) is 0 Å². The lowest BCUT2D eigenvalue weighted by molar-refractivity contribution is -0.131. The molecule has 1 aromatic carbocycles. The first-order valence-corrected chi connectivity index (χ1v) is 7.05. The van der Waals surface area contributed by atoms with E-state index in [-0.39, 0.29) is 0 Å². The van der Waals surface area contributed by atoms with Crippen LogP contribution in [0.25, 0.3) is 6.08 Å². The number of ether oxygens (including phenoxy) is 1. The van der Waals surface area contributed by atoms with Crippen LogP contribution in [0.5, 0.6) is 5.75 Å². The molecule has 0 amide bonds. The van der Waals surface area contributed by atoms with Crippen LogP contribution in [0.15, 0.2) is 36.4 Å². The van der Waals surface area contributed by atoms with Gasteiger partial charge in [-0.3, -0.25) is 0 Å². The Labute approximate surface area is 122 Å². The first-order valence-electron chi connectivity index (χ1n) is 6.24. The Kier molecular flexibility index (Phi) is 4.58. The Hall–Kier alpha value is -2.07. The molecule has 2 rings (SSSR count). The van der Waals surface area contributed by atoms with Gasteiger partial charge in [0.2, 0.25) is 0 Å². The molecule has 0 unspecified atom stereocenters. The summed E-state index contributed by atoms with van der Waals surface area (Å²) < 4.78 is 5.76. The molecule has 0 radical (unpaired) electrons. The predicted octanol–water partition coefficient (Wildman–Crippen LogP) is 4.04. The quantitative estimate of drug-likeness (QED) is 0.845. The zero-order valence-corrected chi connectivity index (χ0v) is 12.2. The topological polar surface area (TPSA) is 46.5 Å². The van der Waals surface area contributed by atoms with Gasteiger partial charge in [-0.2, -0.15) is 0 Å². The summed E-state index contributed by atoms with van der Waals surface area (Å²) in [6, 6.07) is 9.96. The molecule has 0 saturated heterocycles. The molecule has 0 saturated carbocycles. The van der Waals surface area contributed by atoms with Crippen molar-refractivity contribution in [3.63, 3.8) is 0 Å². The molecule has 0 aliphatic rings. The summed E-state index contributed by atoms with van der Waals surface area (Å²) in [6.45, 7) is 4.58. The zero-order chi connectivity index (χ0) is 14.5. The summed E-state index contributed by atoms with van der Waals surface area (Å²) in [5, 5.41) is 8.58. The maximum Gasteiger partial charge on any atom is 0.328 e. The highest BCUT2D eigenvalue weighted by molar-refractivity contribution is 7.12. The van der Waals surface area contributed by atoms with Crippen molar-refractivity contribution >= 4 is 23.4 Å². The fraction of sp³-hybridized carbons (Fsp3) is 0.188. The van der Waals surface area contributed by atoms with Crippen LogP contribution in [0.2, 0.25) is 0 Å². The van der Waals surface area contributed by atoms with E-state index in [1.165, 1.54) is 22.5 Å². The van der Waals surface area contributed by atoms with Gasteiger partial charge in [0.1, 0.15) is 12.4 Å². The highest BCUT2D eigenvalue weighted by Gasteiger charge is 2.01. The Morgan fingerprint density at radius 1 is 1.25 bits per heavy atom. The minimum atomic E-state index is -0.938. The van der Waals surface area contributed by atoms with Gasteiger partial charge < -0.3 is 9.84 Å². The van der Waals surface area contributed by atoms with Crippen molar-refractivity contribution in [3.8, 4) is 5.75 Å². The number of thiophene rings is 1. The van der Waals surface area contributed by atoms with E-state index in [0.717, 1.165) is 21.6 Å². The van der Waals surface area contributed by atoms with Gasteiger partial charge in [-0.15, -0.1) is 11.3 Å². The van der Waals surface area contributed by atoms with Gasteiger partial charge in [-0.05, 0) is 55.3 Å². The number of benzene rings is 1. The van der Waals surface area contributed by atoms with Crippen LogP contribution in [0.4, 0.5) is 0 Å². The number of hydrogen-bond donors (Lipinski definition) is 1. The van der Waals surface area contributed by atoms with Crippen LogP contribution in [-0.2, 0) is 11.4 Å². The molecule has 0 atom stereocenters. The lowest BCUT2D eigenvalue weighted by Crippen LogP contribution is -1.93. The molecule has 20 heavy (non-hydrogen) atoms. The third-order valence-corrected chi connectivity index (χ3v) is 3.67. The smallest absolute Gasteiger partial charge is 0.328 e. The predicted molar refractivity (Wildman–Crippen MR) is 81.2 cm³/mol. The SMILES string of the molecule is Cc1cc(C)cc(OCc2ccc(C=CC(=O)O)s2)c1. The zero-order valence-electron chi connectivity index (χ0n) is 11.4. The van der Waals surface area contributed by atoms with Crippen molar-refractivity contribution in [2.45, 2.75) is 20.5 Å². The van der Waals surface area contributed by atoms with Crippen LogP contribution < -0.4 is 4.74 Å². The molecule has 0 aliphatic heterocycles. The molecule has 1 aromatic heterocycles. The Morgan fingerprint density at radius 2 is 1.95 bits per heavy atom. The fourth-order valence-corrected chi connectivity index (χ4v) is 2.71. The maximum atomic E-state index is 10.4. The van der Waals surface area contributed by atoms with Crippen molar-refractivity contribution in [2.24, 2.45) is 0 Å². The number of aliphatic carboxylic acids is 1. The van der Waals surface area contributed by atoms with Crippen molar-refractivity contribution in [3.05, 3.63) is 57.3 Å². The second-order valence-corrected chi connectivity index (χ2v) is 5.79. The molecular weight excluding hydrogens is 272 g/mol. The normalized spacial score (nSPS) is 10.9. The van der Waals surface area contributed by atoms with E-state index in [9.17, 15) is 4.79 Å². The lowest BCUT2D eigenvalue weighted by Gasteiger charge is -2.06. The summed E-state index contributed by atoms with van der Waals surface area (Å²) >= 11 is 1.53.